The molecule has 3 N–H and O–H groups in total. The molecule has 0 saturated heterocycles. The molecule has 0 saturated carbocycles. The first-order chi connectivity index (χ1) is 14.7. The third kappa shape index (κ3) is 9.15. The van der Waals surface area contributed by atoms with Crippen LogP contribution in [0.15, 0.2) is 64.7 Å². The Morgan fingerprint density at radius 2 is 2.03 bits per heavy atom. The van der Waals surface area contributed by atoms with E-state index in [1.165, 1.54) is 12.2 Å². The standard InChI is InChI=1S/C22H29FN4O2.C2H6/c1-15(20-22(3,4)14-19(28)26-27-20)8-7-9-16(2)24-21(29)25-18-11-6-5-10-17(23)12-13-18;1-2/h5,7-10,12-13,16H,6,11,14H2,1-4H3,(H,26,28)(H2,24,25,29);1-2H3/b9-7-,10-5-,15-8+,17-12+,18-13+;. The van der Waals surface area contributed by atoms with Crippen LogP contribution in [0.3, 0.4) is 0 Å². The summed E-state index contributed by atoms with van der Waals surface area (Å²) in [7, 11) is 0. The topological polar surface area (TPSA) is 82.6 Å². The summed E-state index contributed by atoms with van der Waals surface area (Å²) in [4.78, 5) is 23.7. The number of carbonyl (C=O) groups is 2. The van der Waals surface area contributed by atoms with Crippen molar-refractivity contribution in [2.75, 3.05) is 0 Å². The highest BCUT2D eigenvalue weighted by atomic mass is 19.1. The number of amides is 3. The molecule has 0 bridgehead atoms. The van der Waals surface area contributed by atoms with Crippen molar-refractivity contribution in [1.82, 2.24) is 16.1 Å². The first-order valence-corrected chi connectivity index (χ1v) is 10.7. The summed E-state index contributed by atoms with van der Waals surface area (Å²) in [6.07, 6.45) is 13.4. The summed E-state index contributed by atoms with van der Waals surface area (Å²) in [6, 6.07) is -0.547. The minimum atomic E-state index is -0.340. The number of hydrogen-bond acceptors (Lipinski definition) is 3. The van der Waals surface area contributed by atoms with Crippen molar-refractivity contribution in [1.29, 1.82) is 0 Å². The van der Waals surface area contributed by atoms with E-state index in [-0.39, 0.29) is 29.2 Å². The summed E-state index contributed by atoms with van der Waals surface area (Å²) in [5.74, 6) is -0.423. The normalized spacial score (nSPS) is 23.9. The predicted octanol–water partition coefficient (Wildman–Crippen LogP) is 5.19. The highest BCUT2D eigenvalue weighted by molar-refractivity contribution is 6.07. The molecule has 7 heteroatoms. The van der Waals surface area contributed by atoms with E-state index in [1.807, 2.05) is 59.8 Å². The fourth-order valence-corrected chi connectivity index (χ4v) is 3.16. The Bertz CT molecular complexity index is 833. The maximum Gasteiger partial charge on any atom is 0.319 e. The Hall–Kier alpha value is -2.96. The monoisotopic (exact) mass is 430 g/mol. The number of rotatable bonds is 5. The predicted molar refractivity (Wildman–Crippen MR) is 125 cm³/mol. The van der Waals surface area contributed by atoms with Gasteiger partial charge in [-0.25, -0.2) is 14.6 Å². The third-order valence-electron chi connectivity index (χ3n) is 4.59. The third-order valence-corrected chi connectivity index (χ3v) is 4.59. The van der Waals surface area contributed by atoms with E-state index in [0.29, 0.717) is 25.0 Å². The Labute approximate surface area is 185 Å². The van der Waals surface area contributed by atoms with E-state index in [2.05, 4.69) is 21.2 Å². The second-order valence-electron chi connectivity index (χ2n) is 7.86. The molecule has 170 valence electrons. The largest absolute Gasteiger partial charge is 0.332 e. The van der Waals surface area contributed by atoms with Crippen LogP contribution in [-0.2, 0) is 4.79 Å². The number of carbonyl (C=O) groups excluding carboxylic acids is 2. The van der Waals surface area contributed by atoms with Gasteiger partial charge >= 0.3 is 6.03 Å². The fourth-order valence-electron chi connectivity index (χ4n) is 3.16. The van der Waals surface area contributed by atoms with Gasteiger partial charge in [0.25, 0.3) is 0 Å². The molecular weight excluding hydrogens is 395 g/mol. The quantitative estimate of drug-likeness (QED) is 0.525. The average Bonchev–Trinajstić information content (AvgIpc) is 2.68. The van der Waals surface area contributed by atoms with Gasteiger partial charge in [-0.2, -0.15) is 5.10 Å². The zero-order valence-corrected chi connectivity index (χ0v) is 19.4. The zero-order valence-electron chi connectivity index (χ0n) is 19.4. The molecule has 6 nitrogen and oxygen atoms in total. The van der Waals surface area contributed by atoms with Crippen LogP contribution in [0.2, 0.25) is 0 Å². The van der Waals surface area contributed by atoms with Gasteiger partial charge in [0.15, 0.2) is 0 Å². The molecule has 1 aliphatic heterocycles. The van der Waals surface area contributed by atoms with Gasteiger partial charge in [-0.05, 0) is 50.5 Å². The molecule has 0 aromatic carbocycles. The highest BCUT2D eigenvalue weighted by Crippen LogP contribution is 2.28. The van der Waals surface area contributed by atoms with Crippen molar-refractivity contribution in [3.63, 3.8) is 0 Å². The van der Waals surface area contributed by atoms with E-state index in [0.717, 1.165) is 11.3 Å². The van der Waals surface area contributed by atoms with Crippen LogP contribution in [0.1, 0.15) is 60.8 Å². The molecule has 0 radical (unpaired) electrons. The van der Waals surface area contributed by atoms with Gasteiger partial charge in [-0.1, -0.05) is 52.0 Å². The molecule has 1 unspecified atom stereocenters. The second kappa shape index (κ2) is 12.7. The number of nitrogens with zero attached hydrogens (tertiary/aromatic N) is 1. The molecule has 1 heterocycles. The van der Waals surface area contributed by atoms with Crippen LogP contribution in [0.5, 0.6) is 0 Å². The van der Waals surface area contributed by atoms with Crippen molar-refractivity contribution >= 4 is 17.6 Å². The highest BCUT2D eigenvalue weighted by Gasteiger charge is 2.32. The Morgan fingerprint density at radius 1 is 1.32 bits per heavy atom. The minimum absolute atomic E-state index is 0.0837. The van der Waals surface area contributed by atoms with Crippen LogP contribution in [0, 0.1) is 5.41 Å². The number of allylic oxidation sites excluding steroid dienone is 9. The van der Waals surface area contributed by atoms with Crippen molar-refractivity contribution in [2.24, 2.45) is 10.5 Å². The number of hydrazone groups is 1. The molecule has 0 aromatic heterocycles. The van der Waals surface area contributed by atoms with Gasteiger partial charge < -0.3 is 10.6 Å². The number of nitrogens with one attached hydrogen (secondary N) is 3. The molecule has 0 fully saturated rings. The van der Waals surface area contributed by atoms with Gasteiger partial charge in [-0.15, -0.1) is 0 Å². The number of halogens is 1. The van der Waals surface area contributed by atoms with Crippen molar-refractivity contribution in [3.8, 4) is 0 Å². The van der Waals surface area contributed by atoms with Crippen LogP contribution in [-0.4, -0.2) is 23.7 Å². The van der Waals surface area contributed by atoms with Crippen molar-refractivity contribution in [2.45, 2.75) is 66.8 Å². The van der Waals surface area contributed by atoms with E-state index in [9.17, 15) is 14.0 Å². The van der Waals surface area contributed by atoms with Crippen LogP contribution in [0.4, 0.5) is 9.18 Å². The van der Waals surface area contributed by atoms with Gasteiger partial charge in [0, 0.05) is 23.6 Å². The van der Waals surface area contributed by atoms with Crippen LogP contribution >= 0.6 is 0 Å². The molecule has 0 spiro atoms. The molecule has 31 heavy (non-hydrogen) atoms. The van der Waals surface area contributed by atoms with E-state index < -0.39 is 0 Å². The fraction of sp³-hybridized carbons (Fsp3) is 0.458. The summed E-state index contributed by atoms with van der Waals surface area (Å²) in [5.41, 5.74) is 4.65. The van der Waals surface area contributed by atoms with E-state index in [4.69, 9.17) is 0 Å². The minimum Gasteiger partial charge on any atom is -0.332 e. The Balaban J connectivity index is 0.00000233. The lowest BCUT2D eigenvalue weighted by Crippen LogP contribution is -2.39. The lowest BCUT2D eigenvalue weighted by molar-refractivity contribution is -0.122. The average molecular weight is 431 g/mol. The first-order valence-electron chi connectivity index (χ1n) is 10.7. The molecule has 2 rings (SSSR count). The molecular formula is C24H35FN4O2. The maximum absolute atomic E-state index is 13.3. The van der Waals surface area contributed by atoms with Crippen molar-refractivity contribution < 1.29 is 14.0 Å². The van der Waals surface area contributed by atoms with E-state index >= 15 is 0 Å². The van der Waals surface area contributed by atoms with Crippen LogP contribution in [0.25, 0.3) is 0 Å². The number of hydrogen-bond donors (Lipinski definition) is 3. The summed E-state index contributed by atoms with van der Waals surface area (Å²) in [5, 5.41) is 9.77. The molecule has 0 aromatic rings. The molecule has 3 amide bonds. The Kier molecular flexibility index (Phi) is 10.7. The molecule has 1 atom stereocenters. The van der Waals surface area contributed by atoms with E-state index in [1.54, 1.807) is 12.2 Å². The van der Waals surface area contributed by atoms with Gasteiger partial charge in [-0.3, -0.25) is 4.79 Å². The van der Waals surface area contributed by atoms with Crippen molar-refractivity contribution in [3.05, 3.63) is 59.6 Å². The SMILES string of the molecule is C/C(=C\C=C/C(C)NC(=O)N/C1=C/C=C(F)\C=C/CC1)C1=NNC(=O)CC1(C)C.CC. The zero-order chi connectivity index (χ0) is 23.4. The maximum atomic E-state index is 13.3. The molecule has 2 aliphatic rings. The summed E-state index contributed by atoms with van der Waals surface area (Å²) < 4.78 is 13.3. The lowest BCUT2D eigenvalue weighted by Gasteiger charge is -2.29. The first kappa shape index (κ1) is 26.1. The lowest BCUT2D eigenvalue weighted by atomic mass is 9.79. The Morgan fingerprint density at radius 3 is 2.71 bits per heavy atom. The van der Waals surface area contributed by atoms with Gasteiger partial charge in [0.2, 0.25) is 5.91 Å². The van der Waals surface area contributed by atoms with Gasteiger partial charge in [0.05, 0.1) is 5.71 Å². The van der Waals surface area contributed by atoms with Gasteiger partial charge in [0.1, 0.15) is 5.83 Å². The summed E-state index contributed by atoms with van der Waals surface area (Å²) in [6.45, 7) is 11.8. The number of urea groups is 1. The summed E-state index contributed by atoms with van der Waals surface area (Å²) >= 11 is 0. The molecule has 1 aliphatic carbocycles. The second-order valence-corrected chi connectivity index (χ2v) is 7.86. The van der Waals surface area contributed by atoms with Crippen LogP contribution < -0.4 is 16.1 Å². The smallest absolute Gasteiger partial charge is 0.319 e.